The molecule has 0 saturated heterocycles. The van der Waals surface area contributed by atoms with Gasteiger partial charge in [-0.05, 0) is 63.9 Å². The van der Waals surface area contributed by atoms with Gasteiger partial charge < -0.3 is 14.8 Å². The number of hydrogen-bond acceptors (Lipinski definition) is 5. The smallest absolute Gasteiger partial charge is 0.278 e. The lowest BCUT2D eigenvalue weighted by Gasteiger charge is -2.16. The van der Waals surface area contributed by atoms with Crippen LogP contribution in [0.4, 0.5) is 14.5 Å². The van der Waals surface area contributed by atoms with E-state index in [0.29, 0.717) is 24.3 Å². The molecule has 0 radical (unpaired) electrons. The van der Waals surface area contributed by atoms with E-state index in [0.717, 1.165) is 17.0 Å². The Balaban J connectivity index is 1.91. The highest BCUT2D eigenvalue weighted by Crippen LogP contribution is 2.32. The third-order valence-corrected chi connectivity index (χ3v) is 4.85. The van der Waals surface area contributed by atoms with Crippen molar-refractivity contribution in [2.75, 3.05) is 18.5 Å². The number of ether oxygens (including phenoxy) is 2. The molecule has 1 N–H and O–H groups in total. The van der Waals surface area contributed by atoms with E-state index in [4.69, 9.17) is 9.47 Å². The predicted octanol–water partition coefficient (Wildman–Crippen LogP) is 4.76. The Morgan fingerprint density at radius 3 is 2.21 bits per heavy atom. The zero-order chi connectivity index (χ0) is 24.1. The van der Waals surface area contributed by atoms with Gasteiger partial charge in [0.05, 0.1) is 17.8 Å². The highest BCUT2D eigenvalue weighted by atomic mass is 19.2. The van der Waals surface area contributed by atoms with Crippen molar-refractivity contribution in [2.45, 2.75) is 46.3 Å². The molecule has 0 aliphatic carbocycles. The fourth-order valence-corrected chi connectivity index (χ4v) is 3.40. The summed E-state index contributed by atoms with van der Waals surface area (Å²) in [5.74, 6) is -2.43. The molecule has 1 aliphatic rings. The van der Waals surface area contributed by atoms with Gasteiger partial charge in [0.15, 0.2) is 11.6 Å². The zero-order valence-electron chi connectivity index (χ0n) is 19.2. The lowest BCUT2D eigenvalue weighted by Crippen LogP contribution is -2.34. The largest absolute Gasteiger partial charge is 0.491 e. The molecule has 0 fully saturated rings. The topological polar surface area (TPSA) is 67.9 Å². The first-order valence-corrected chi connectivity index (χ1v) is 10.9. The second-order valence-electron chi connectivity index (χ2n) is 8.23. The lowest BCUT2D eigenvalue weighted by molar-refractivity contribution is -0.137. The molecule has 2 aromatic carbocycles. The van der Waals surface area contributed by atoms with Crippen molar-refractivity contribution < 1.29 is 27.8 Å². The minimum Gasteiger partial charge on any atom is -0.491 e. The fraction of sp³-hybridized carbons (Fsp3) is 0.360. The number of amides is 2. The molecule has 3 rings (SSSR count). The van der Waals surface area contributed by atoms with Crippen LogP contribution in [0.25, 0.3) is 5.57 Å². The number of benzene rings is 2. The van der Waals surface area contributed by atoms with Gasteiger partial charge in [0.25, 0.3) is 11.8 Å². The predicted molar refractivity (Wildman–Crippen MR) is 122 cm³/mol. The summed E-state index contributed by atoms with van der Waals surface area (Å²) in [6.07, 6.45) is 0.502. The molecule has 0 bridgehead atoms. The van der Waals surface area contributed by atoms with E-state index in [1.54, 1.807) is 24.3 Å². The number of rotatable bonds is 10. The summed E-state index contributed by atoms with van der Waals surface area (Å²) in [6, 6.07) is 10.0. The normalized spacial score (nSPS) is 14.1. The van der Waals surface area contributed by atoms with Crippen molar-refractivity contribution in [3.05, 3.63) is 65.4 Å². The summed E-state index contributed by atoms with van der Waals surface area (Å²) < 4.78 is 38.2. The SMILES string of the molecule is CC(C)OCCCN1C(=O)C(Nc2ccc(F)c(F)c2)=C(c2ccc(OC(C)C)cc2)C1=O. The van der Waals surface area contributed by atoms with Crippen LogP contribution in [-0.2, 0) is 14.3 Å². The Hall–Kier alpha value is -3.26. The van der Waals surface area contributed by atoms with Crippen molar-refractivity contribution in [3.8, 4) is 5.75 Å². The number of carbonyl (C=O) groups is 2. The molecule has 1 heterocycles. The van der Waals surface area contributed by atoms with Crippen LogP contribution in [0.3, 0.4) is 0 Å². The van der Waals surface area contributed by atoms with Gasteiger partial charge in [-0.25, -0.2) is 8.78 Å². The number of nitrogens with zero attached hydrogens (tertiary/aromatic N) is 1. The molecule has 33 heavy (non-hydrogen) atoms. The molecular formula is C25H28F2N2O4. The highest BCUT2D eigenvalue weighted by Gasteiger charge is 2.39. The molecule has 0 aromatic heterocycles. The van der Waals surface area contributed by atoms with Crippen molar-refractivity contribution in [1.82, 2.24) is 4.90 Å². The molecule has 176 valence electrons. The van der Waals surface area contributed by atoms with Gasteiger partial charge in [-0.15, -0.1) is 0 Å². The number of imide groups is 1. The Labute approximate surface area is 192 Å². The van der Waals surface area contributed by atoms with Crippen LogP contribution in [-0.4, -0.2) is 42.1 Å². The molecule has 0 atom stereocenters. The molecular weight excluding hydrogens is 430 g/mol. The monoisotopic (exact) mass is 458 g/mol. The standard InChI is InChI=1S/C25H28F2N2O4/c1-15(2)32-13-5-12-29-24(30)22(17-6-9-19(10-7-17)33-16(3)4)23(25(29)31)28-18-8-11-20(26)21(27)14-18/h6-11,14-16,28H,5,12-13H2,1-4H3. The van der Waals surface area contributed by atoms with E-state index in [-0.39, 0.29) is 35.7 Å². The molecule has 2 amide bonds. The summed E-state index contributed by atoms with van der Waals surface area (Å²) in [4.78, 5) is 27.5. The van der Waals surface area contributed by atoms with Gasteiger partial charge in [0, 0.05) is 24.9 Å². The molecule has 8 heteroatoms. The van der Waals surface area contributed by atoms with E-state index in [2.05, 4.69) is 5.32 Å². The quantitative estimate of drug-likeness (QED) is 0.411. The first-order chi connectivity index (χ1) is 15.7. The first-order valence-electron chi connectivity index (χ1n) is 10.9. The van der Waals surface area contributed by atoms with Gasteiger partial charge in [-0.3, -0.25) is 14.5 Å². The minimum atomic E-state index is -1.06. The third kappa shape index (κ3) is 5.96. The molecule has 0 saturated carbocycles. The van der Waals surface area contributed by atoms with Gasteiger partial charge in [0.1, 0.15) is 11.4 Å². The summed E-state index contributed by atoms with van der Waals surface area (Å²) in [5.41, 5.74) is 0.835. The molecule has 0 unspecified atom stereocenters. The van der Waals surface area contributed by atoms with Crippen molar-refractivity contribution in [3.63, 3.8) is 0 Å². The number of nitrogens with one attached hydrogen (secondary N) is 1. The summed E-state index contributed by atoms with van der Waals surface area (Å²) in [6.45, 7) is 8.19. The minimum absolute atomic E-state index is 0.00770. The highest BCUT2D eigenvalue weighted by molar-refractivity contribution is 6.36. The molecule has 1 aliphatic heterocycles. The molecule has 2 aromatic rings. The van der Waals surface area contributed by atoms with Crippen molar-refractivity contribution in [1.29, 1.82) is 0 Å². The van der Waals surface area contributed by atoms with Crippen LogP contribution in [0.5, 0.6) is 5.75 Å². The van der Waals surface area contributed by atoms with E-state index < -0.39 is 23.4 Å². The average Bonchev–Trinajstić information content (AvgIpc) is 2.98. The van der Waals surface area contributed by atoms with Crippen molar-refractivity contribution in [2.24, 2.45) is 0 Å². The second kappa shape index (κ2) is 10.6. The molecule has 6 nitrogen and oxygen atoms in total. The summed E-state index contributed by atoms with van der Waals surface area (Å²) in [5, 5.41) is 2.82. The van der Waals surface area contributed by atoms with E-state index in [9.17, 15) is 18.4 Å². The summed E-state index contributed by atoms with van der Waals surface area (Å²) >= 11 is 0. The van der Waals surface area contributed by atoms with Crippen LogP contribution in [0.2, 0.25) is 0 Å². The second-order valence-corrected chi connectivity index (χ2v) is 8.23. The average molecular weight is 459 g/mol. The maximum atomic E-state index is 13.7. The van der Waals surface area contributed by atoms with Crippen LogP contribution in [0, 0.1) is 11.6 Å². The number of anilines is 1. The Kier molecular flexibility index (Phi) is 7.81. The van der Waals surface area contributed by atoms with E-state index >= 15 is 0 Å². The fourth-order valence-electron chi connectivity index (χ4n) is 3.40. The maximum absolute atomic E-state index is 13.7. The third-order valence-electron chi connectivity index (χ3n) is 4.85. The van der Waals surface area contributed by atoms with Crippen LogP contribution < -0.4 is 10.1 Å². The Bertz CT molecular complexity index is 1050. The number of halogens is 2. The van der Waals surface area contributed by atoms with Gasteiger partial charge in [-0.2, -0.15) is 0 Å². The van der Waals surface area contributed by atoms with Gasteiger partial charge in [-0.1, -0.05) is 12.1 Å². The maximum Gasteiger partial charge on any atom is 0.278 e. The Morgan fingerprint density at radius 2 is 1.61 bits per heavy atom. The summed E-state index contributed by atoms with van der Waals surface area (Å²) in [7, 11) is 0. The zero-order valence-corrected chi connectivity index (χ0v) is 19.2. The number of carbonyl (C=O) groups excluding carboxylic acids is 2. The van der Waals surface area contributed by atoms with Gasteiger partial charge in [0.2, 0.25) is 0 Å². The first kappa shape index (κ1) is 24.4. The number of hydrogen-bond donors (Lipinski definition) is 1. The van der Waals surface area contributed by atoms with Crippen LogP contribution >= 0.6 is 0 Å². The van der Waals surface area contributed by atoms with Crippen molar-refractivity contribution >= 4 is 23.1 Å². The van der Waals surface area contributed by atoms with E-state index in [1.165, 1.54) is 6.07 Å². The Morgan fingerprint density at radius 1 is 0.909 bits per heavy atom. The lowest BCUT2D eigenvalue weighted by atomic mass is 10.0. The van der Waals surface area contributed by atoms with Crippen LogP contribution in [0.1, 0.15) is 39.7 Å². The molecule has 0 spiro atoms. The van der Waals surface area contributed by atoms with Gasteiger partial charge >= 0.3 is 0 Å². The van der Waals surface area contributed by atoms with Crippen LogP contribution in [0.15, 0.2) is 48.2 Å². The van der Waals surface area contributed by atoms with E-state index in [1.807, 2.05) is 27.7 Å².